The summed E-state index contributed by atoms with van der Waals surface area (Å²) in [6.45, 7) is 3.71. The van der Waals surface area contributed by atoms with Crippen molar-refractivity contribution in [1.29, 1.82) is 0 Å². The largest absolute Gasteiger partial charge is 0.481 e. The Morgan fingerprint density at radius 1 is 0.964 bits per heavy atom. The number of hydrogen-bond acceptors (Lipinski definition) is 3. The van der Waals surface area contributed by atoms with E-state index in [9.17, 15) is 9.59 Å². The summed E-state index contributed by atoms with van der Waals surface area (Å²) in [5, 5.41) is 5.83. The molecule has 0 heterocycles. The highest BCUT2D eigenvalue weighted by atomic mass is 16.5. The Hall–Kier alpha value is -2.82. The number of amides is 2. The van der Waals surface area contributed by atoms with Crippen molar-refractivity contribution in [2.24, 2.45) is 5.92 Å². The van der Waals surface area contributed by atoms with Crippen LogP contribution in [0.3, 0.4) is 0 Å². The lowest BCUT2D eigenvalue weighted by Gasteiger charge is -2.21. The number of benzene rings is 2. The molecule has 0 bridgehead atoms. The van der Waals surface area contributed by atoms with Crippen LogP contribution in [0.1, 0.15) is 44.6 Å². The van der Waals surface area contributed by atoms with Crippen LogP contribution in [-0.2, 0) is 9.59 Å². The highest BCUT2D eigenvalue weighted by Gasteiger charge is 2.21. The molecule has 1 aliphatic rings. The van der Waals surface area contributed by atoms with E-state index in [4.69, 9.17) is 4.74 Å². The van der Waals surface area contributed by atoms with E-state index in [0.717, 1.165) is 31.2 Å². The van der Waals surface area contributed by atoms with Gasteiger partial charge in [-0.05, 0) is 57.0 Å². The maximum atomic E-state index is 12.4. The molecule has 0 spiro atoms. The summed E-state index contributed by atoms with van der Waals surface area (Å²) in [4.78, 5) is 24.9. The molecular formula is C23H28N2O3. The highest BCUT2D eigenvalue weighted by molar-refractivity contribution is 5.96. The highest BCUT2D eigenvalue weighted by Crippen LogP contribution is 2.25. The Kier molecular flexibility index (Phi) is 6.69. The Morgan fingerprint density at radius 2 is 1.61 bits per heavy atom. The SMILES string of the molecule is Cc1ccc(OC(C)C(=O)Nc2cccc(NC(=O)C3CCCCC3)c2)cc1. The summed E-state index contributed by atoms with van der Waals surface area (Å²) in [5.41, 5.74) is 2.46. The lowest BCUT2D eigenvalue weighted by molar-refractivity contribution is -0.122. The monoisotopic (exact) mass is 380 g/mol. The normalized spacial score (nSPS) is 15.5. The topological polar surface area (TPSA) is 67.4 Å². The predicted octanol–water partition coefficient (Wildman–Crippen LogP) is 4.92. The van der Waals surface area contributed by atoms with Crippen molar-refractivity contribution in [3.8, 4) is 5.75 Å². The van der Waals surface area contributed by atoms with Gasteiger partial charge in [-0.3, -0.25) is 9.59 Å². The summed E-state index contributed by atoms with van der Waals surface area (Å²) in [7, 11) is 0. The molecule has 0 aliphatic heterocycles. The first-order chi connectivity index (χ1) is 13.5. The molecule has 28 heavy (non-hydrogen) atoms. The lowest BCUT2D eigenvalue weighted by atomic mass is 9.88. The molecule has 2 N–H and O–H groups in total. The van der Waals surface area contributed by atoms with Crippen LogP contribution in [-0.4, -0.2) is 17.9 Å². The van der Waals surface area contributed by atoms with E-state index >= 15 is 0 Å². The third-order valence-corrected chi connectivity index (χ3v) is 5.08. The molecular weight excluding hydrogens is 352 g/mol. The Bertz CT molecular complexity index is 811. The van der Waals surface area contributed by atoms with E-state index in [1.807, 2.05) is 43.3 Å². The molecule has 1 atom stereocenters. The molecule has 5 nitrogen and oxygen atoms in total. The first-order valence-corrected chi connectivity index (χ1v) is 9.96. The number of rotatable bonds is 6. The number of ether oxygens (including phenoxy) is 1. The van der Waals surface area contributed by atoms with Gasteiger partial charge in [0, 0.05) is 17.3 Å². The fourth-order valence-electron chi connectivity index (χ4n) is 3.40. The molecule has 2 aromatic carbocycles. The summed E-state index contributed by atoms with van der Waals surface area (Å²) >= 11 is 0. The predicted molar refractivity (Wildman–Crippen MR) is 112 cm³/mol. The van der Waals surface area contributed by atoms with Crippen molar-refractivity contribution in [3.63, 3.8) is 0 Å². The number of aryl methyl sites for hydroxylation is 1. The average molecular weight is 380 g/mol. The maximum absolute atomic E-state index is 12.4. The van der Waals surface area contributed by atoms with Gasteiger partial charge in [0.25, 0.3) is 5.91 Å². The zero-order valence-corrected chi connectivity index (χ0v) is 16.5. The Labute approximate surface area is 166 Å². The van der Waals surface area contributed by atoms with Crippen LogP contribution in [0.25, 0.3) is 0 Å². The molecule has 3 rings (SSSR count). The minimum atomic E-state index is -0.636. The van der Waals surface area contributed by atoms with Gasteiger partial charge in [0.15, 0.2) is 6.10 Å². The van der Waals surface area contributed by atoms with Gasteiger partial charge in [-0.15, -0.1) is 0 Å². The molecule has 1 fully saturated rings. The molecule has 2 aromatic rings. The second kappa shape index (κ2) is 9.40. The van der Waals surface area contributed by atoms with Gasteiger partial charge in [0.2, 0.25) is 5.91 Å². The van der Waals surface area contributed by atoms with Crippen molar-refractivity contribution in [2.45, 2.75) is 52.1 Å². The molecule has 0 radical (unpaired) electrons. The molecule has 0 aromatic heterocycles. The first-order valence-electron chi connectivity index (χ1n) is 9.96. The van der Waals surface area contributed by atoms with Gasteiger partial charge < -0.3 is 15.4 Å². The van der Waals surface area contributed by atoms with Crippen LogP contribution < -0.4 is 15.4 Å². The smallest absolute Gasteiger partial charge is 0.265 e. The molecule has 2 amide bonds. The van der Waals surface area contributed by atoms with Gasteiger partial charge in [0.1, 0.15) is 5.75 Å². The Morgan fingerprint density at radius 3 is 2.29 bits per heavy atom. The van der Waals surface area contributed by atoms with E-state index in [1.54, 1.807) is 19.1 Å². The fourth-order valence-corrected chi connectivity index (χ4v) is 3.40. The minimum absolute atomic E-state index is 0.0687. The summed E-state index contributed by atoms with van der Waals surface area (Å²) in [6.07, 6.45) is 4.73. The van der Waals surface area contributed by atoms with Crippen LogP contribution in [0.15, 0.2) is 48.5 Å². The molecule has 5 heteroatoms. The van der Waals surface area contributed by atoms with E-state index in [2.05, 4.69) is 10.6 Å². The lowest BCUT2D eigenvalue weighted by Crippen LogP contribution is -2.30. The third kappa shape index (κ3) is 5.59. The van der Waals surface area contributed by atoms with Gasteiger partial charge in [-0.2, -0.15) is 0 Å². The van der Waals surface area contributed by atoms with Crippen molar-refractivity contribution in [2.75, 3.05) is 10.6 Å². The average Bonchev–Trinajstić information content (AvgIpc) is 2.70. The Balaban J connectivity index is 1.56. The van der Waals surface area contributed by atoms with E-state index in [-0.39, 0.29) is 17.7 Å². The zero-order valence-electron chi connectivity index (χ0n) is 16.5. The van der Waals surface area contributed by atoms with Crippen molar-refractivity contribution in [1.82, 2.24) is 0 Å². The summed E-state index contributed by atoms with van der Waals surface area (Å²) < 4.78 is 5.70. The van der Waals surface area contributed by atoms with Gasteiger partial charge in [0.05, 0.1) is 0 Å². The molecule has 1 saturated carbocycles. The molecule has 1 unspecified atom stereocenters. The second-order valence-corrected chi connectivity index (χ2v) is 7.47. The van der Waals surface area contributed by atoms with Crippen LogP contribution >= 0.6 is 0 Å². The maximum Gasteiger partial charge on any atom is 0.265 e. The van der Waals surface area contributed by atoms with E-state index < -0.39 is 6.10 Å². The van der Waals surface area contributed by atoms with Crippen LogP contribution in [0.4, 0.5) is 11.4 Å². The first kappa shape index (κ1) is 19.9. The standard InChI is InChI=1S/C23H28N2O3/c1-16-11-13-21(14-12-16)28-17(2)22(26)24-19-9-6-10-20(15-19)25-23(27)18-7-4-3-5-8-18/h6,9-15,17-18H,3-5,7-8H2,1-2H3,(H,24,26)(H,25,27). The second-order valence-electron chi connectivity index (χ2n) is 7.47. The quantitative estimate of drug-likeness (QED) is 0.747. The van der Waals surface area contributed by atoms with Crippen molar-refractivity contribution < 1.29 is 14.3 Å². The van der Waals surface area contributed by atoms with Crippen LogP contribution in [0.5, 0.6) is 5.75 Å². The van der Waals surface area contributed by atoms with Crippen molar-refractivity contribution in [3.05, 3.63) is 54.1 Å². The molecule has 1 aliphatic carbocycles. The fraction of sp³-hybridized carbons (Fsp3) is 0.391. The number of carbonyl (C=O) groups excluding carboxylic acids is 2. The van der Waals surface area contributed by atoms with Crippen LogP contribution in [0.2, 0.25) is 0 Å². The minimum Gasteiger partial charge on any atom is -0.481 e. The van der Waals surface area contributed by atoms with Gasteiger partial charge in [-0.1, -0.05) is 43.0 Å². The van der Waals surface area contributed by atoms with Crippen LogP contribution in [0, 0.1) is 12.8 Å². The molecule has 0 saturated heterocycles. The van der Waals surface area contributed by atoms with Gasteiger partial charge >= 0.3 is 0 Å². The number of hydrogen-bond donors (Lipinski definition) is 2. The van der Waals surface area contributed by atoms with E-state index in [1.165, 1.54) is 6.42 Å². The number of carbonyl (C=O) groups is 2. The summed E-state index contributed by atoms with van der Waals surface area (Å²) in [5.74, 6) is 0.576. The van der Waals surface area contributed by atoms with Crippen molar-refractivity contribution >= 4 is 23.2 Å². The van der Waals surface area contributed by atoms with E-state index in [0.29, 0.717) is 17.1 Å². The summed E-state index contributed by atoms with van der Waals surface area (Å²) in [6, 6.07) is 14.8. The number of nitrogens with one attached hydrogen (secondary N) is 2. The molecule has 148 valence electrons. The third-order valence-electron chi connectivity index (χ3n) is 5.08. The number of anilines is 2. The van der Waals surface area contributed by atoms with Gasteiger partial charge in [-0.25, -0.2) is 0 Å². The zero-order chi connectivity index (χ0) is 19.9.